The Bertz CT molecular complexity index is 1030. The van der Waals surface area contributed by atoms with E-state index in [0.29, 0.717) is 25.4 Å². The van der Waals surface area contributed by atoms with Crippen molar-refractivity contribution < 1.29 is 13.9 Å². The summed E-state index contributed by atoms with van der Waals surface area (Å²) in [6, 6.07) is 17.1. The molecule has 0 radical (unpaired) electrons. The minimum absolute atomic E-state index is 0.165. The number of nitrogens with zero attached hydrogens (tertiary/aromatic N) is 2. The molecule has 0 atom stereocenters. The average molecular weight is 423 g/mol. The van der Waals surface area contributed by atoms with Gasteiger partial charge in [-0.3, -0.25) is 14.3 Å². The van der Waals surface area contributed by atoms with E-state index < -0.39 is 0 Å². The quantitative estimate of drug-likeness (QED) is 0.521. The predicted molar refractivity (Wildman–Crippen MR) is 119 cm³/mol. The van der Waals surface area contributed by atoms with Gasteiger partial charge in [0.1, 0.15) is 23.9 Å². The summed E-state index contributed by atoms with van der Waals surface area (Å²) < 4.78 is 26.0. The summed E-state index contributed by atoms with van der Waals surface area (Å²) >= 11 is 0. The fraction of sp³-hybridized carbons (Fsp3) is 0.320. The SMILES string of the molecule is O=c1cc(OCCc2ccc(F)cc2)ccn1-c1ccc(OCCN2CCCC2)cc1. The minimum atomic E-state index is -0.255. The molecule has 1 aliphatic rings. The Kier molecular flexibility index (Phi) is 6.99. The highest BCUT2D eigenvalue weighted by Gasteiger charge is 2.10. The van der Waals surface area contributed by atoms with Crippen molar-refractivity contribution >= 4 is 0 Å². The Morgan fingerprint density at radius 2 is 1.55 bits per heavy atom. The van der Waals surface area contributed by atoms with Gasteiger partial charge in [0.05, 0.1) is 6.61 Å². The number of aromatic nitrogens is 1. The van der Waals surface area contributed by atoms with Gasteiger partial charge in [-0.15, -0.1) is 0 Å². The van der Waals surface area contributed by atoms with Crippen molar-refractivity contribution in [3.63, 3.8) is 0 Å². The summed E-state index contributed by atoms with van der Waals surface area (Å²) in [6.45, 7) is 4.36. The Morgan fingerprint density at radius 1 is 0.839 bits per heavy atom. The summed E-state index contributed by atoms with van der Waals surface area (Å²) in [5.74, 6) is 1.07. The lowest BCUT2D eigenvalue weighted by atomic mass is 10.2. The third-order valence-corrected chi connectivity index (χ3v) is 5.45. The summed E-state index contributed by atoms with van der Waals surface area (Å²) in [6.07, 6.45) is 4.91. The van der Waals surface area contributed by atoms with Crippen LogP contribution in [0.4, 0.5) is 4.39 Å². The fourth-order valence-corrected chi connectivity index (χ4v) is 3.70. The van der Waals surface area contributed by atoms with Crippen LogP contribution in [0.5, 0.6) is 11.5 Å². The third kappa shape index (κ3) is 5.95. The number of likely N-dealkylation sites (tertiary alicyclic amines) is 1. The number of rotatable bonds is 9. The van der Waals surface area contributed by atoms with Gasteiger partial charge in [0, 0.05) is 30.9 Å². The highest BCUT2D eigenvalue weighted by atomic mass is 19.1. The summed E-state index contributed by atoms with van der Waals surface area (Å²) in [5, 5.41) is 0. The molecular weight excluding hydrogens is 395 g/mol. The molecule has 0 bridgehead atoms. The highest BCUT2D eigenvalue weighted by Crippen LogP contribution is 2.16. The normalized spacial score (nSPS) is 14.0. The number of hydrogen-bond acceptors (Lipinski definition) is 4. The van der Waals surface area contributed by atoms with Crippen molar-refractivity contribution in [3.8, 4) is 17.2 Å². The zero-order valence-electron chi connectivity index (χ0n) is 17.5. The summed E-state index contributed by atoms with van der Waals surface area (Å²) in [7, 11) is 0. The molecule has 2 aromatic carbocycles. The lowest BCUT2D eigenvalue weighted by molar-refractivity contribution is 0.238. The van der Waals surface area contributed by atoms with E-state index in [1.807, 2.05) is 24.3 Å². The van der Waals surface area contributed by atoms with E-state index in [1.54, 1.807) is 29.0 Å². The maximum absolute atomic E-state index is 13.0. The molecule has 1 aliphatic heterocycles. The summed E-state index contributed by atoms with van der Waals surface area (Å²) in [5.41, 5.74) is 1.59. The van der Waals surface area contributed by atoms with E-state index in [9.17, 15) is 9.18 Å². The van der Waals surface area contributed by atoms with Gasteiger partial charge in [-0.05, 0) is 74.0 Å². The van der Waals surface area contributed by atoms with E-state index in [-0.39, 0.29) is 11.4 Å². The largest absolute Gasteiger partial charge is 0.493 e. The van der Waals surface area contributed by atoms with E-state index in [1.165, 1.54) is 31.0 Å². The van der Waals surface area contributed by atoms with Crippen molar-refractivity contribution in [1.82, 2.24) is 9.47 Å². The minimum Gasteiger partial charge on any atom is -0.493 e. The molecule has 162 valence electrons. The number of benzene rings is 2. The first-order valence-corrected chi connectivity index (χ1v) is 10.7. The van der Waals surface area contributed by atoms with Crippen molar-refractivity contribution in [1.29, 1.82) is 0 Å². The highest BCUT2D eigenvalue weighted by molar-refractivity contribution is 5.38. The van der Waals surface area contributed by atoms with Gasteiger partial charge in [-0.1, -0.05) is 12.1 Å². The molecule has 0 saturated carbocycles. The van der Waals surface area contributed by atoms with Crippen molar-refractivity contribution in [2.24, 2.45) is 0 Å². The first-order valence-electron chi connectivity index (χ1n) is 10.7. The first-order chi connectivity index (χ1) is 15.2. The Hall–Kier alpha value is -3.12. The molecule has 31 heavy (non-hydrogen) atoms. The maximum Gasteiger partial charge on any atom is 0.258 e. The van der Waals surface area contributed by atoms with Crippen molar-refractivity contribution in [2.45, 2.75) is 19.3 Å². The van der Waals surface area contributed by atoms with Crippen LogP contribution in [0.1, 0.15) is 18.4 Å². The number of hydrogen-bond donors (Lipinski definition) is 0. The van der Waals surface area contributed by atoms with Crippen LogP contribution in [0.2, 0.25) is 0 Å². The second-order valence-corrected chi connectivity index (χ2v) is 7.69. The second kappa shape index (κ2) is 10.3. The molecule has 1 aromatic heterocycles. The zero-order chi connectivity index (χ0) is 21.5. The lowest BCUT2D eigenvalue weighted by Crippen LogP contribution is -2.25. The van der Waals surface area contributed by atoms with Crippen LogP contribution >= 0.6 is 0 Å². The van der Waals surface area contributed by atoms with Gasteiger partial charge in [-0.25, -0.2) is 4.39 Å². The zero-order valence-corrected chi connectivity index (χ0v) is 17.5. The molecule has 0 N–H and O–H groups in total. The molecule has 0 unspecified atom stereocenters. The number of ether oxygens (including phenoxy) is 2. The first kappa shape index (κ1) is 21.1. The van der Waals surface area contributed by atoms with Crippen LogP contribution in [-0.2, 0) is 6.42 Å². The Labute approximate surface area is 181 Å². The van der Waals surface area contributed by atoms with Crippen LogP contribution in [0.3, 0.4) is 0 Å². The Balaban J connectivity index is 1.29. The molecule has 1 fully saturated rings. The van der Waals surface area contributed by atoms with Crippen LogP contribution in [-0.4, -0.2) is 42.3 Å². The number of halogens is 1. The van der Waals surface area contributed by atoms with Crippen LogP contribution < -0.4 is 15.0 Å². The molecule has 3 aromatic rings. The molecule has 0 spiro atoms. The Morgan fingerprint density at radius 3 is 2.26 bits per heavy atom. The van der Waals surface area contributed by atoms with Crippen molar-refractivity contribution in [2.75, 3.05) is 32.8 Å². The van der Waals surface area contributed by atoms with Crippen molar-refractivity contribution in [3.05, 3.63) is 88.6 Å². The van der Waals surface area contributed by atoms with Gasteiger partial charge in [0.25, 0.3) is 5.56 Å². The van der Waals surface area contributed by atoms with Crippen LogP contribution in [0, 0.1) is 5.82 Å². The van der Waals surface area contributed by atoms with Crippen LogP contribution in [0.15, 0.2) is 71.7 Å². The molecule has 0 amide bonds. The predicted octanol–water partition coefficient (Wildman–Crippen LogP) is 4.07. The van der Waals surface area contributed by atoms with E-state index in [0.717, 1.165) is 36.6 Å². The molecule has 1 saturated heterocycles. The van der Waals surface area contributed by atoms with E-state index in [4.69, 9.17) is 9.47 Å². The van der Waals surface area contributed by atoms with Gasteiger partial charge in [-0.2, -0.15) is 0 Å². The topological polar surface area (TPSA) is 43.7 Å². The second-order valence-electron chi connectivity index (χ2n) is 7.69. The van der Waals surface area contributed by atoms with E-state index >= 15 is 0 Å². The van der Waals surface area contributed by atoms with E-state index in [2.05, 4.69) is 4.90 Å². The standard InChI is InChI=1S/C25H27FN2O3/c26-21-5-3-20(4-6-21)12-17-30-24-11-15-28(25(29)19-24)22-7-9-23(10-8-22)31-18-16-27-13-1-2-14-27/h3-11,15,19H,1-2,12-14,16-18H2. The molecule has 0 aliphatic carbocycles. The smallest absolute Gasteiger partial charge is 0.258 e. The lowest BCUT2D eigenvalue weighted by Gasteiger charge is -2.15. The van der Waals surface area contributed by atoms with Gasteiger partial charge in [0.2, 0.25) is 0 Å². The monoisotopic (exact) mass is 422 g/mol. The van der Waals surface area contributed by atoms with Crippen LogP contribution in [0.25, 0.3) is 5.69 Å². The fourth-order valence-electron chi connectivity index (χ4n) is 3.70. The molecule has 6 heteroatoms. The van der Waals surface area contributed by atoms with Gasteiger partial charge in [0.15, 0.2) is 0 Å². The maximum atomic E-state index is 13.0. The molecule has 2 heterocycles. The average Bonchev–Trinajstić information content (AvgIpc) is 3.30. The van der Waals surface area contributed by atoms with Gasteiger partial charge < -0.3 is 9.47 Å². The number of pyridine rings is 1. The molecular formula is C25H27FN2O3. The summed E-state index contributed by atoms with van der Waals surface area (Å²) in [4.78, 5) is 14.9. The third-order valence-electron chi connectivity index (χ3n) is 5.45. The molecule has 5 nitrogen and oxygen atoms in total. The van der Waals surface area contributed by atoms with Gasteiger partial charge >= 0.3 is 0 Å². The molecule has 4 rings (SSSR count).